The van der Waals surface area contributed by atoms with Crippen molar-refractivity contribution in [2.75, 3.05) is 7.11 Å². The Labute approximate surface area is 185 Å². The summed E-state index contributed by atoms with van der Waals surface area (Å²) in [6.07, 6.45) is 1.24. The third kappa shape index (κ3) is 3.76. The molecule has 4 rings (SSSR count). The maximum Gasteiger partial charge on any atom is 0.208 e. The number of halogens is 1. The Morgan fingerprint density at radius 3 is 2.31 bits per heavy atom. The standard InChI is InChI=1S/C25H20FNO4S/c1-15-4-10-20(12-16(15)2)32(29,30)25-21-13-18(26)7-11-23(21)27-14-22(25)24(28)17-5-8-19(31-3)9-6-17/h4-14H,1-3H3. The van der Waals surface area contributed by atoms with Crippen molar-refractivity contribution >= 4 is 26.5 Å². The van der Waals surface area contributed by atoms with Crippen LogP contribution in [-0.2, 0) is 9.84 Å². The first kappa shape index (κ1) is 21.6. The molecule has 5 nitrogen and oxygen atoms in total. The number of aromatic nitrogens is 1. The van der Waals surface area contributed by atoms with Gasteiger partial charge in [0, 0.05) is 17.1 Å². The van der Waals surface area contributed by atoms with E-state index in [0.29, 0.717) is 5.75 Å². The molecule has 0 spiro atoms. The molecule has 7 heteroatoms. The van der Waals surface area contributed by atoms with E-state index in [2.05, 4.69) is 4.98 Å². The molecule has 0 bridgehead atoms. The van der Waals surface area contributed by atoms with Crippen LogP contribution in [0, 0.1) is 19.7 Å². The van der Waals surface area contributed by atoms with Crippen molar-refractivity contribution < 1.29 is 22.3 Å². The van der Waals surface area contributed by atoms with Gasteiger partial charge in [-0.3, -0.25) is 9.78 Å². The smallest absolute Gasteiger partial charge is 0.208 e. The van der Waals surface area contributed by atoms with Crippen LogP contribution in [0.2, 0.25) is 0 Å². The average Bonchev–Trinajstić information content (AvgIpc) is 2.79. The molecule has 32 heavy (non-hydrogen) atoms. The molecule has 0 N–H and O–H groups in total. The minimum atomic E-state index is -4.17. The van der Waals surface area contributed by atoms with Crippen LogP contribution in [0.5, 0.6) is 5.75 Å². The van der Waals surface area contributed by atoms with Gasteiger partial charge in [0.25, 0.3) is 0 Å². The number of ketones is 1. The number of hydrogen-bond donors (Lipinski definition) is 0. The van der Waals surface area contributed by atoms with E-state index < -0.39 is 21.4 Å². The van der Waals surface area contributed by atoms with Crippen LogP contribution in [0.1, 0.15) is 27.0 Å². The number of rotatable bonds is 5. The van der Waals surface area contributed by atoms with Crippen molar-refractivity contribution in [3.63, 3.8) is 0 Å². The summed E-state index contributed by atoms with van der Waals surface area (Å²) in [5.74, 6) is -0.596. The monoisotopic (exact) mass is 449 g/mol. The van der Waals surface area contributed by atoms with Crippen molar-refractivity contribution in [2.24, 2.45) is 0 Å². The summed E-state index contributed by atoms with van der Waals surface area (Å²) in [7, 11) is -2.66. The van der Waals surface area contributed by atoms with Crippen LogP contribution in [0.15, 0.2) is 76.7 Å². The van der Waals surface area contributed by atoms with Gasteiger partial charge in [0.1, 0.15) is 11.6 Å². The fourth-order valence-electron chi connectivity index (χ4n) is 3.49. The number of sulfone groups is 1. The van der Waals surface area contributed by atoms with Crippen LogP contribution < -0.4 is 4.74 Å². The Hall–Kier alpha value is -3.58. The third-order valence-electron chi connectivity index (χ3n) is 5.43. The second-order valence-corrected chi connectivity index (χ2v) is 9.36. The number of hydrogen-bond acceptors (Lipinski definition) is 5. The Kier molecular flexibility index (Phi) is 5.52. The number of aryl methyl sites for hydroxylation is 2. The summed E-state index contributed by atoms with van der Waals surface area (Å²) >= 11 is 0. The third-order valence-corrected chi connectivity index (χ3v) is 7.29. The molecule has 0 aliphatic heterocycles. The predicted octanol–water partition coefficient (Wildman–Crippen LogP) is 5.06. The van der Waals surface area contributed by atoms with E-state index in [0.717, 1.165) is 17.2 Å². The van der Waals surface area contributed by atoms with Gasteiger partial charge >= 0.3 is 0 Å². The van der Waals surface area contributed by atoms with Crippen molar-refractivity contribution in [1.29, 1.82) is 0 Å². The fourth-order valence-corrected chi connectivity index (χ4v) is 5.19. The van der Waals surface area contributed by atoms with Gasteiger partial charge in [-0.2, -0.15) is 0 Å². The number of pyridine rings is 1. The van der Waals surface area contributed by atoms with Crippen LogP contribution in [0.4, 0.5) is 4.39 Å². The van der Waals surface area contributed by atoms with Crippen molar-refractivity contribution in [1.82, 2.24) is 4.98 Å². The van der Waals surface area contributed by atoms with Gasteiger partial charge < -0.3 is 4.74 Å². The minimum absolute atomic E-state index is 0.0288. The van der Waals surface area contributed by atoms with Crippen LogP contribution >= 0.6 is 0 Å². The number of carbonyl (C=O) groups is 1. The molecule has 0 saturated heterocycles. The van der Waals surface area contributed by atoms with Crippen LogP contribution in [0.3, 0.4) is 0 Å². The molecule has 0 amide bonds. The van der Waals surface area contributed by atoms with Crippen LogP contribution in [0.25, 0.3) is 10.9 Å². The van der Waals surface area contributed by atoms with Gasteiger partial charge in [-0.15, -0.1) is 0 Å². The van der Waals surface area contributed by atoms with Gasteiger partial charge in [-0.1, -0.05) is 6.07 Å². The highest BCUT2D eigenvalue weighted by atomic mass is 32.2. The zero-order chi connectivity index (χ0) is 23.0. The normalized spacial score (nSPS) is 11.5. The average molecular weight is 450 g/mol. The molecule has 0 aliphatic rings. The zero-order valence-electron chi connectivity index (χ0n) is 17.7. The molecule has 0 unspecified atom stereocenters. The Morgan fingerprint density at radius 2 is 1.66 bits per heavy atom. The van der Waals surface area contributed by atoms with Crippen molar-refractivity contribution in [3.8, 4) is 5.75 Å². The number of ether oxygens (including phenoxy) is 1. The summed E-state index contributed by atoms with van der Waals surface area (Å²) < 4.78 is 46.8. The number of carbonyl (C=O) groups excluding carboxylic acids is 1. The van der Waals surface area contributed by atoms with E-state index in [-0.39, 0.29) is 31.8 Å². The predicted molar refractivity (Wildman–Crippen MR) is 119 cm³/mol. The lowest BCUT2D eigenvalue weighted by atomic mass is 10.0. The summed E-state index contributed by atoms with van der Waals surface area (Å²) in [5.41, 5.74) is 2.15. The molecule has 4 aromatic rings. The molecule has 1 heterocycles. The van der Waals surface area contributed by atoms with E-state index in [1.807, 2.05) is 13.8 Å². The summed E-state index contributed by atoms with van der Waals surface area (Å²) in [6.45, 7) is 3.68. The van der Waals surface area contributed by atoms with Crippen molar-refractivity contribution in [2.45, 2.75) is 23.6 Å². The Balaban J connectivity index is 2.01. The second kappa shape index (κ2) is 8.16. The molecular formula is C25H20FNO4S. The second-order valence-electron chi connectivity index (χ2n) is 7.47. The van der Waals surface area contributed by atoms with E-state index in [9.17, 15) is 17.6 Å². The SMILES string of the molecule is COc1ccc(C(=O)c2cnc3ccc(F)cc3c2S(=O)(=O)c2ccc(C)c(C)c2)cc1. The Morgan fingerprint density at radius 1 is 0.938 bits per heavy atom. The Bertz CT molecular complexity index is 1460. The lowest BCUT2D eigenvalue weighted by molar-refractivity contribution is 0.103. The first-order valence-corrected chi connectivity index (χ1v) is 11.3. The quantitative estimate of drug-likeness (QED) is 0.398. The minimum Gasteiger partial charge on any atom is -0.497 e. The molecule has 3 aromatic carbocycles. The molecule has 0 radical (unpaired) electrons. The lowest BCUT2D eigenvalue weighted by Crippen LogP contribution is -2.13. The molecule has 0 fully saturated rings. The lowest BCUT2D eigenvalue weighted by Gasteiger charge is -2.14. The van der Waals surface area contributed by atoms with Gasteiger partial charge in [0.15, 0.2) is 5.78 Å². The van der Waals surface area contributed by atoms with E-state index in [1.54, 1.807) is 36.4 Å². The molecule has 0 saturated carbocycles. The topological polar surface area (TPSA) is 73.3 Å². The van der Waals surface area contributed by atoms with Gasteiger partial charge in [-0.25, -0.2) is 12.8 Å². The molecule has 0 aliphatic carbocycles. The highest BCUT2D eigenvalue weighted by Crippen LogP contribution is 2.33. The first-order chi connectivity index (χ1) is 15.2. The molecule has 162 valence electrons. The number of benzene rings is 3. The number of methoxy groups -OCH3 is 1. The number of fused-ring (bicyclic) bond motifs is 1. The summed E-state index contributed by atoms with van der Waals surface area (Å²) in [5, 5.41) is 0.0580. The van der Waals surface area contributed by atoms with E-state index in [4.69, 9.17) is 4.74 Å². The van der Waals surface area contributed by atoms with E-state index >= 15 is 0 Å². The maximum absolute atomic E-state index is 14.1. The highest BCUT2D eigenvalue weighted by Gasteiger charge is 2.29. The maximum atomic E-state index is 14.1. The van der Waals surface area contributed by atoms with Gasteiger partial charge in [-0.05, 0) is 79.6 Å². The van der Waals surface area contributed by atoms with Gasteiger partial charge in [0.2, 0.25) is 9.84 Å². The van der Waals surface area contributed by atoms with E-state index in [1.165, 1.54) is 31.5 Å². The molecule has 1 aromatic heterocycles. The summed E-state index contributed by atoms with van der Waals surface area (Å²) in [6, 6.07) is 14.8. The largest absolute Gasteiger partial charge is 0.497 e. The van der Waals surface area contributed by atoms with Gasteiger partial charge in [0.05, 0.1) is 28.0 Å². The summed E-state index contributed by atoms with van der Waals surface area (Å²) in [4.78, 5) is 17.4. The first-order valence-electron chi connectivity index (χ1n) is 9.81. The molecule has 0 atom stereocenters. The fraction of sp³-hybridized carbons (Fsp3) is 0.120. The molecular weight excluding hydrogens is 429 g/mol. The van der Waals surface area contributed by atoms with Crippen LogP contribution in [-0.4, -0.2) is 26.3 Å². The zero-order valence-corrected chi connectivity index (χ0v) is 18.5. The van der Waals surface area contributed by atoms with Crippen molar-refractivity contribution in [3.05, 3.63) is 94.9 Å². The number of nitrogens with zero attached hydrogens (tertiary/aromatic N) is 1. The highest BCUT2D eigenvalue weighted by molar-refractivity contribution is 7.91.